The Morgan fingerprint density at radius 2 is 2.14 bits per heavy atom. The third kappa shape index (κ3) is 6.55. The molecule has 1 fully saturated rings. The molecule has 1 aliphatic rings. The van der Waals surface area contributed by atoms with E-state index in [1.54, 1.807) is 7.11 Å². The fourth-order valence-electron chi connectivity index (χ4n) is 3.71. The van der Waals surface area contributed by atoms with Crippen LogP contribution >= 0.6 is 24.0 Å². The third-order valence-electron chi connectivity index (χ3n) is 5.14. The summed E-state index contributed by atoms with van der Waals surface area (Å²) in [6.45, 7) is 10.7. The lowest BCUT2D eigenvalue weighted by atomic mass is 10.1. The molecule has 29 heavy (non-hydrogen) atoms. The summed E-state index contributed by atoms with van der Waals surface area (Å²) in [7, 11) is 1.70. The number of fused-ring (bicyclic) bond motifs is 1. The maximum Gasteiger partial charge on any atom is 0.193 e. The molecule has 7 nitrogen and oxygen atoms in total. The summed E-state index contributed by atoms with van der Waals surface area (Å²) >= 11 is 0. The second-order valence-corrected chi connectivity index (χ2v) is 7.20. The summed E-state index contributed by atoms with van der Waals surface area (Å²) in [6, 6.07) is 8.28. The van der Waals surface area contributed by atoms with Crippen LogP contribution in [0, 0.1) is 12.8 Å². The Bertz CT molecular complexity index is 780. The number of nitrogens with zero attached hydrogens (tertiary/aromatic N) is 4. The number of nitrogens with one attached hydrogen (secondary N) is 1. The minimum Gasteiger partial charge on any atom is -0.382 e. The number of hydrogen-bond acceptors (Lipinski definition) is 4. The van der Waals surface area contributed by atoms with Crippen molar-refractivity contribution in [3.8, 4) is 0 Å². The van der Waals surface area contributed by atoms with Gasteiger partial charge in [0.15, 0.2) is 5.96 Å². The Morgan fingerprint density at radius 1 is 1.31 bits per heavy atom. The molecule has 0 spiro atoms. The van der Waals surface area contributed by atoms with Gasteiger partial charge in [0.2, 0.25) is 0 Å². The van der Waals surface area contributed by atoms with Gasteiger partial charge in [0, 0.05) is 39.2 Å². The van der Waals surface area contributed by atoms with E-state index in [4.69, 9.17) is 14.5 Å². The van der Waals surface area contributed by atoms with Crippen molar-refractivity contribution in [1.82, 2.24) is 19.8 Å². The molecule has 3 rings (SSSR count). The van der Waals surface area contributed by atoms with Crippen molar-refractivity contribution in [1.29, 1.82) is 0 Å². The summed E-state index contributed by atoms with van der Waals surface area (Å²) in [5.74, 6) is 2.60. The van der Waals surface area contributed by atoms with Crippen LogP contribution in [-0.2, 0) is 16.0 Å². The van der Waals surface area contributed by atoms with E-state index >= 15 is 0 Å². The van der Waals surface area contributed by atoms with Gasteiger partial charge in [-0.05, 0) is 32.4 Å². The van der Waals surface area contributed by atoms with E-state index in [0.29, 0.717) is 19.1 Å². The number of aryl methyl sites for hydroxylation is 1. The highest BCUT2D eigenvalue weighted by Gasteiger charge is 2.24. The molecule has 2 heterocycles. The SMILES string of the molecule is CCNC(=NCCn1c(C)nc2ccccc21)N1CCC(COCCOC)C1.I. The van der Waals surface area contributed by atoms with Gasteiger partial charge in [0.05, 0.1) is 37.4 Å². The van der Waals surface area contributed by atoms with E-state index in [2.05, 4.69) is 51.8 Å². The Hall–Kier alpha value is -1.39. The Labute approximate surface area is 190 Å². The van der Waals surface area contributed by atoms with Crippen molar-refractivity contribution in [2.75, 3.05) is 53.1 Å². The molecule has 0 radical (unpaired) electrons. The van der Waals surface area contributed by atoms with E-state index in [9.17, 15) is 0 Å². The van der Waals surface area contributed by atoms with Crippen molar-refractivity contribution in [3.63, 3.8) is 0 Å². The molecule has 1 aromatic carbocycles. The number of guanidine groups is 1. The van der Waals surface area contributed by atoms with Gasteiger partial charge in [-0.1, -0.05) is 12.1 Å². The van der Waals surface area contributed by atoms with Gasteiger partial charge in [-0.15, -0.1) is 24.0 Å². The van der Waals surface area contributed by atoms with Gasteiger partial charge in [0.25, 0.3) is 0 Å². The van der Waals surface area contributed by atoms with Crippen LogP contribution in [0.5, 0.6) is 0 Å². The maximum atomic E-state index is 5.71. The lowest BCUT2D eigenvalue weighted by Gasteiger charge is -2.22. The molecule has 2 aromatic rings. The topological polar surface area (TPSA) is 63.9 Å². The van der Waals surface area contributed by atoms with E-state index in [0.717, 1.165) is 63.1 Å². The first-order chi connectivity index (χ1) is 13.7. The summed E-state index contributed by atoms with van der Waals surface area (Å²) < 4.78 is 13.0. The van der Waals surface area contributed by atoms with Crippen molar-refractivity contribution in [3.05, 3.63) is 30.1 Å². The number of benzene rings is 1. The first-order valence-corrected chi connectivity index (χ1v) is 10.2. The highest BCUT2D eigenvalue weighted by molar-refractivity contribution is 14.0. The predicted molar refractivity (Wildman–Crippen MR) is 128 cm³/mol. The fourth-order valence-corrected chi connectivity index (χ4v) is 3.71. The van der Waals surface area contributed by atoms with Gasteiger partial charge < -0.3 is 24.3 Å². The Morgan fingerprint density at radius 3 is 2.93 bits per heavy atom. The maximum absolute atomic E-state index is 5.71. The van der Waals surface area contributed by atoms with Crippen LogP contribution in [0.1, 0.15) is 19.2 Å². The number of rotatable bonds is 9. The number of aliphatic imine (C=N–C) groups is 1. The molecule has 0 aliphatic carbocycles. The molecule has 8 heteroatoms. The van der Waals surface area contributed by atoms with Crippen LogP contribution in [0.2, 0.25) is 0 Å². The van der Waals surface area contributed by atoms with Crippen LogP contribution < -0.4 is 5.32 Å². The Kier molecular flexibility index (Phi) is 10.2. The number of halogens is 1. The predicted octanol–water partition coefficient (Wildman–Crippen LogP) is 2.91. The summed E-state index contributed by atoms with van der Waals surface area (Å²) in [5, 5.41) is 3.44. The number of hydrogen-bond donors (Lipinski definition) is 1. The highest BCUT2D eigenvalue weighted by atomic mass is 127. The van der Waals surface area contributed by atoms with Gasteiger partial charge in [-0.25, -0.2) is 4.98 Å². The number of para-hydroxylation sites is 2. The zero-order valence-corrected chi connectivity index (χ0v) is 20.1. The number of aromatic nitrogens is 2. The molecule has 0 amide bonds. The lowest BCUT2D eigenvalue weighted by Crippen LogP contribution is -2.40. The minimum absolute atomic E-state index is 0. The largest absolute Gasteiger partial charge is 0.382 e. The van der Waals surface area contributed by atoms with Crippen molar-refractivity contribution in [2.45, 2.75) is 26.8 Å². The normalized spacial score (nSPS) is 17.0. The first kappa shape index (κ1) is 23.9. The number of methoxy groups -OCH3 is 1. The molecule has 1 N–H and O–H groups in total. The van der Waals surface area contributed by atoms with Crippen LogP contribution in [0.25, 0.3) is 11.0 Å². The molecule has 0 bridgehead atoms. The fraction of sp³-hybridized carbons (Fsp3) is 0.619. The molecular weight excluding hydrogens is 481 g/mol. The second kappa shape index (κ2) is 12.3. The van der Waals surface area contributed by atoms with Crippen LogP contribution in [0.3, 0.4) is 0 Å². The van der Waals surface area contributed by atoms with Crippen LogP contribution in [0.15, 0.2) is 29.3 Å². The molecule has 1 aliphatic heterocycles. The first-order valence-electron chi connectivity index (χ1n) is 10.2. The summed E-state index contributed by atoms with van der Waals surface area (Å²) in [5.41, 5.74) is 2.22. The van der Waals surface area contributed by atoms with E-state index in [1.807, 2.05) is 6.07 Å². The summed E-state index contributed by atoms with van der Waals surface area (Å²) in [4.78, 5) is 11.9. The molecule has 1 saturated heterocycles. The number of likely N-dealkylation sites (tertiary alicyclic amines) is 1. The zero-order valence-electron chi connectivity index (χ0n) is 17.8. The molecular formula is C21H34IN5O2. The number of ether oxygens (including phenoxy) is 2. The smallest absolute Gasteiger partial charge is 0.193 e. The second-order valence-electron chi connectivity index (χ2n) is 7.20. The van der Waals surface area contributed by atoms with Gasteiger partial charge in [-0.3, -0.25) is 4.99 Å². The van der Waals surface area contributed by atoms with Crippen molar-refractivity contribution >= 4 is 41.0 Å². The van der Waals surface area contributed by atoms with E-state index < -0.39 is 0 Å². The number of imidazole rings is 1. The average Bonchev–Trinajstić information content (AvgIpc) is 3.29. The Balaban J connectivity index is 0.00000300. The lowest BCUT2D eigenvalue weighted by molar-refractivity contribution is 0.0536. The van der Waals surface area contributed by atoms with Crippen molar-refractivity contribution < 1.29 is 9.47 Å². The van der Waals surface area contributed by atoms with Gasteiger partial charge in [0.1, 0.15) is 5.82 Å². The molecule has 1 atom stereocenters. The monoisotopic (exact) mass is 515 g/mol. The van der Waals surface area contributed by atoms with Crippen LogP contribution in [-0.4, -0.2) is 73.5 Å². The molecule has 0 saturated carbocycles. The standard InChI is InChI=1S/C21H33N5O2.HI/c1-4-22-21(25-11-9-18(15-25)16-28-14-13-27-3)23-10-12-26-17(2)24-19-7-5-6-8-20(19)26;/h5-8,18H,4,9-16H2,1-3H3,(H,22,23);1H. The van der Waals surface area contributed by atoms with Gasteiger partial charge >= 0.3 is 0 Å². The minimum atomic E-state index is 0. The average molecular weight is 515 g/mol. The van der Waals surface area contributed by atoms with Crippen LogP contribution in [0.4, 0.5) is 0 Å². The third-order valence-corrected chi connectivity index (χ3v) is 5.14. The molecule has 1 unspecified atom stereocenters. The molecule has 162 valence electrons. The molecule has 1 aromatic heterocycles. The zero-order chi connectivity index (χ0) is 19.8. The quantitative estimate of drug-likeness (QED) is 0.241. The van der Waals surface area contributed by atoms with Crippen molar-refractivity contribution in [2.24, 2.45) is 10.9 Å². The van der Waals surface area contributed by atoms with E-state index in [1.165, 1.54) is 5.52 Å². The highest BCUT2D eigenvalue weighted by Crippen LogP contribution is 2.17. The van der Waals surface area contributed by atoms with Gasteiger partial charge in [-0.2, -0.15) is 0 Å². The summed E-state index contributed by atoms with van der Waals surface area (Å²) in [6.07, 6.45) is 1.14. The van der Waals surface area contributed by atoms with E-state index in [-0.39, 0.29) is 24.0 Å².